The Morgan fingerprint density at radius 1 is 1.27 bits per heavy atom. The van der Waals surface area contributed by atoms with Crippen molar-refractivity contribution < 1.29 is 9.59 Å². The molecule has 2 atom stereocenters. The Labute approximate surface area is 92.4 Å². The molecule has 0 aromatic rings. The van der Waals surface area contributed by atoms with E-state index in [1.54, 1.807) is 0 Å². The molecule has 0 aromatic carbocycles. The second-order valence-corrected chi connectivity index (χ2v) is 11.6. The highest BCUT2D eigenvalue weighted by Gasteiger charge is 2.55. The second-order valence-electron chi connectivity index (χ2n) is 6.19. The molecule has 2 unspecified atom stereocenters. The lowest BCUT2D eigenvalue weighted by molar-refractivity contribution is -0.137. The molecule has 2 rings (SSSR count). The summed E-state index contributed by atoms with van der Waals surface area (Å²) in [7, 11) is -1.49. The van der Waals surface area contributed by atoms with Gasteiger partial charge >= 0.3 is 0 Å². The van der Waals surface area contributed by atoms with Gasteiger partial charge in [-0.25, -0.2) is 0 Å². The van der Waals surface area contributed by atoms with Crippen molar-refractivity contribution in [3.63, 3.8) is 0 Å². The van der Waals surface area contributed by atoms with Crippen molar-refractivity contribution in [2.45, 2.75) is 56.8 Å². The van der Waals surface area contributed by atoms with Crippen molar-refractivity contribution in [2.24, 2.45) is 5.92 Å². The fourth-order valence-electron chi connectivity index (χ4n) is 3.37. The van der Waals surface area contributed by atoms with Crippen LogP contribution in [0.25, 0.3) is 0 Å². The van der Waals surface area contributed by atoms with Gasteiger partial charge in [-0.1, -0.05) is 26.1 Å². The van der Waals surface area contributed by atoms with Crippen molar-refractivity contribution in [2.75, 3.05) is 0 Å². The van der Waals surface area contributed by atoms with Crippen molar-refractivity contribution in [1.82, 2.24) is 0 Å². The Morgan fingerprint density at radius 2 is 1.93 bits per heavy atom. The summed E-state index contributed by atoms with van der Waals surface area (Å²) < 4.78 is 0. The molecule has 0 aromatic heterocycles. The number of carbonyl (C=O) groups is 2. The van der Waals surface area contributed by atoms with Crippen LogP contribution in [-0.2, 0) is 9.59 Å². The van der Waals surface area contributed by atoms with Gasteiger partial charge in [-0.2, -0.15) is 0 Å². The van der Waals surface area contributed by atoms with Gasteiger partial charge in [0.25, 0.3) is 0 Å². The van der Waals surface area contributed by atoms with Gasteiger partial charge in [0.15, 0.2) is 0 Å². The number of rotatable bonds is 1. The van der Waals surface area contributed by atoms with Crippen molar-refractivity contribution in [3.05, 3.63) is 0 Å². The summed E-state index contributed by atoms with van der Waals surface area (Å²) in [4.78, 5) is 23.9. The van der Waals surface area contributed by atoms with E-state index in [0.717, 1.165) is 25.7 Å². The van der Waals surface area contributed by atoms with Crippen LogP contribution < -0.4 is 0 Å². The number of carbonyl (C=O) groups excluding carboxylic acids is 2. The summed E-state index contributed by atoms with van der Waals surface area (Å²) in [5.74, 6) is 0.694. The Kier molecular flexibility index (Phi) is 2.41. The van der Waals surface area contributed by atoms with E-state index >= 15 is 0 Å². The predicted molar refractivity (Wildman–Crippen MR) is 62.6 cm³/mol. The van der Waals surface area contributed by atoms with Gasteiger partial charge in [-0.05, 0) is 19.3 Å². The molecule has 2 fully saturated rings. The van der Waals surface area contributed by atoms with E-state index in [2.05, 4.69) is 19.6 Å². The van der Waals surface area contributed by atoms with E-state index in [0.29, 0.717) is 0 Å². The topological polar surface area (TPSA) is 34.1 Å². The molecular formula is C12H20O2Si. The van der Waals surface area contributed by atoms with Crippen molar-refractivity contribution >= 4 is 19.6 Å². The standard InChI is InChI=1S/C12H20O2Si/c1-15(2,3)12-6-4-5-9(8-12)10(13)7-11(12)14/h9H,4-8H2,1-3H3. The first-order valence-corrected chi connectivity index (χ1v) is 9.43. The maximum Gasteiger partial charge on any atom is 0.143 e. The zero-order valence-electron chi connectivity index (χ0n) is 9.93. The summed E-state index contributed by atoms with van der Waals surface area (Å²) in [5, 5.41) is -0.0656. The Hall–Kier alpha value is -0.443. The number of ketones is 2. The third kappa shape index (κ3) is 1.52. The lowest BCUT2D eigenvalue weighted by atomic mass is 9.70. The van der Waals surface area contributed by atoms with E-state index in [-0.39, 0.29) is 28.9 Å². The molecule has 2 saturated carbocycles. The molecular weight excluding hydrogens is 204 g/mol. The number of Topliss-reactive ketones (excluding diaryl/α,β-unsaturated/α-hetero) is 2. The lowest BCUT2D eigenvalue weighted by Gasteiger charge is -2.50. The zero-order valence-corrected chi connectivity index (χ0v) is 10.9. The Morgan fingerprint density at radius 3 is 2.53 bits per heavy atom. The normalized spacial score (nSPS) is 36.9. The molecule has 84 valence electrons. The van der Waals surface area contributed by atoms with Gasteiger partial charge in [0.2, 0.25) is 0 Å². The Bertz CT molecular complexity index is 316. The minimum absolute atomic E-state index is 0.0656. The van der Waals surface area contributed by atoms with Gasteiger partial charge in [0.05, 0.1) is 14.5 Å². The molecule has 2 bridgehead atoms. The van der Waals surface area contributed by atoms with Crippen LogP contribution in [0, 0.1) is 5.92 Å². The molecule has 0 saturated heterocycles. The minimum Gasteiger partial charge on any atom is -0.299 e. The molecule has 0 spiro atoms. The second kappa shape index (κ2) is 3.27. The number of hydrogen-bond donors (Lipinski definition) is 0. The molecule has 0 N–H and O–H groups in total. The smallest absolute Gasteiger partial charge is 0.143 e. The maximum atomic E-state index is 12.2. The third-order valence-corrected chi connectivity index (χ3v) is 8.11. The van der Waals surface area contributed by atoms with Gasteiger partial charge in [-0.15, -0.1) is 0 Å². The SMILES string of the molecule is C[Si](C)(C)C12CCCC(C1)C(=O)CC2=O. The van der Waals surface area contributed by atoms with E-state index in [4.69, 9.17) is 0 Å². The van der Waals surface area contributed by atoms with Crippen LogP contribution in [0.4, 0.5) is 0 Å². The quantitative estimate of drug-likeness (QED) is 0.507. The van der Waals surface area contributed by atoms with Gasteiger partial charge in [0.1, 0.15) is 11.6 Å². The minimum atomic E-state index is -1.49. The van der Waals surface area contributed by atoms with Crippen LogP contribution in [0.3, 0.4) is 0 Å². The molecule has 3 heteroatoms. The molecule has 2 aliphatic rings. The monoisotopic (exact) mass is 224 g/mol. The molecule has 0 aliphatic heterocycles. The summed E-state index contributed by atoms with van der Waals surface area (Å²) in [6.45, 7) is 6.84. The fraction of sp³-hybridized carbons (Fsp3) is 0.833. The van der Waals surface area contributed by atoms with Gasteiger partial charge < -0.3 is 0 Å². The molecule has 0 heterocycles. The summed E-state index contributed by atoms with van der Waals surface area (Å²) >= 11 is 0. The van der Waals surface area contributed by atoms with E-state index in [9.17, 15) is 9.59 Å². The largest absolute Gasteiger partial charge is 0.299 e. The average molecular weight is 224 g/mol. The van der Waals surface area contributed by atoms with Crippen molar-refractivity contribution in [3.8, 4) is 0 Å². The first-order chi connectivity index (χ1) is 6.87. The average Bonchev–Trinajstić information content (AvgIpc) is 2.14. The third-order valence-electron chi connectivity index (χ3n) is 4.51. The molecule has 2 nitrogen and oxygen atoms in total. The highest BCUT2D eigenvalue weighted by molar-refractivity contribution is 6.82. The van der Waals surface area contributed by atoms with E-state index in [1.807, 2.05) is 0 Å². The fourth-order valence-corrected chi connectivity index (χ4v) is 6.08. The highest BCUT2D eigenvalue weighted by atomic mass is 28.3. The van der Waals surface area contributed by atoms with Crippen LogP contribution >= 0.6 is 0 Å². The van der Waals surface area contributed by atoms with Gasteiger partial charge in [0, 0.05) is 11.0 Å². The van der Waals surface area contributed by atoms with Crippen LogP contribution in [0.5, 0.6) is 0 Å². The van der Waals surface area contributed by atoms with E-state index in [1.165, 1.54) is 0 Å². The summed E-state index contributed by atoms with van der Waals surface area (Å²) in [5.41, 5.74) is 0. The maximum absolute atomic E-state index is 12.2. The van der Waals surface area contributed by atoms with Crippen LogP contribution in [0.15, 0.2) is 0 Å². The number of hydrogen-bond acceptors (Lipinski definition) is 2. The Balaban J connectivity index is 2.38. The van der Waals surface area contributed by atoms with E-state index < -0.39 is 8.07 Å². The first kappa shape index (κ1) is 11.1. The molecule has 2 aliphatic carbocycles. The number of fused-ring (bicyclic) bond motifs is 2. The van der Waals surface area contributed by atoms with Crippen LogP contribution in [0.1, 0.15) is 32.1 Å². The summed E-state index contributed by atoms with van der Waals surface area (Å²) in [6.07, 6.45) is 4.26. The first-order valence-electron chi connectivity index (χ1n) is 5.93. The highest BCUT2D eigenvalue weighted by Crippen LogP contribution is 2.56. The van der Waals surface area contributed by atoms with Crippen LogP contribution in [0.2, 0.25) is 24.7 Å². The molecule has 0 amide bonds. The van der Waals surface area contributed by atoms with Gasteiger partial charge in [-0.3, -0.25) is 9.59 Å². The summed E-state index contributed by atoms with van der Waals surface area (Å²) in [6, 6.07) is 0. The zero-order chi connectivity index (χ0) is 11.3. The lowest BCUT2D eigenvalue weighted by Crippen LogP contribution is -2.52. The van der Waals surface area contributed by atoms with Crippen LogP contribution in [-0.4, -0.2) is 19.6 Å². The molecule has 15 heavy (non-hydrogen) atoms. The van der Waals surface area contributed by atoms with Crippen molar-refractivity contribution in [1.29, 1.82) is 0 Å². The predicted octanol–water partition coefficient (Wildman–Crippen LogP) is 2.80. The molecule has 0 radical (unpaired) electrons.